The van der Waals surface area contributed by atoms with E-state index in [2.05, 4.69) is 15.3 Å². The number of methoxy groups -OCH3 is 1. The number of alkyl halides is 3. The van der Waals surface area contributed by atoms with Crippen LogP contribution in [-0.2, 0) is 19.3 Å². The van der Waals surface area contributed by atoms with Crippen molar-refractivity contribution in [3.8, 4) is 5.75 Å². The fraction of sp³-hybridized carbons (Fsp3) is 0.235. The third kappa shape index (κ3) is 3.68. The van der Waals surface area contributed by atoms with Gasteiger partial charge in [0, 0.05) is 12.6 Å². The lowest BCUT2D eigenvalue weighted by Gasteiger charge is -2.08. The minimum absolute atomic E-state index is 0.457. The molecular weight excluding hydrogens is 319 g/mol. The van der Waals surface area contributed by atoms with Crippen LogP contribution in [0.2, 0.25) is 0 Å². The third-order valence-corrected chi connectivity index (χ3v) is 3.64. The van der Waals surface area contributed by atoms with Gasteiger partial charge in [0.25, 0.3) is 0 Å². The molecule has 0 spiro atoms. The fourth-order valence-electron chi connectivity index (χ4n) is 2.39. The molecule has 1 heterocycles. The molecule has 2 aromatic carbocycles. The number of hydrogen-bond acceptors (Lipinski definition) is 3. The second-order valence-corrected chi connectivity index (χ2v) is 5.36. The van der Waals surface area contributed by atoms with Crippen molar-refractivity contribution in [1.82, 2.24) is 15.3 Å². The van der Waals surface area contributed by atoms with Gasteiger partial charge in [-0.3, -0.25) is 0 Å². The second-order valence-electron chi connectivity index (χ2n) is 5.36. The maximum Gasteiger partial charge on any atom is 0.416 e. The Hall–Kier alpha value is -2.54. The Morgan fingerprint density at radius 3 is 2.50 bits per heavy atom. The predicted molar refractivity (Wildman–Crippen MR) is 84.6 cm³/mol. The van der Waals surface area contributed by atoms with Gasteiger partial charge in [-0.25, -0.2) is 4.98 Å². The number of halogens is 3. The minimum Gasteiger partial charge on any atom is -0.497 e. The summed E-state index contributed by atoms with van der Waals surface area (Å²) in [6.45, 7) is 0.941. The van der Waals surface area contributed by atoms with Crippen LogP contribution in [0.25, 0.3) is 11.0 Å². The number of aromatic amines is 1. The van der Waals surface area contributed by atoms with Crippen molar-refractivity contribution in [3.05, 3.63) is 59.4 Å². The monoisotopic (exact) mass is 335 g/mol. The molecule has 1 aromatic heterocycles. The van der Waals surface area contributed by atoms with E-state index < -0.39 is 11.7 Å². The molecule has 0 radical (unpaired) electrons. The number of benzene rings is 2. The van der Waals surface area contributed by atoms with Gasteiger partial charge >= 0.3 is 6.18 Å². The maximum absolute atomic E-state index is 12.5. The molecule has 4 nitrogen and oxygen atoms in total. The summed E-state index contributed by atoms with van der Waals surface area (Å²) in [5.74, 6) is 1.50. The van der Waals surface area contributed by atoms with Gasteiger partial charge < -0.3 is 15.0 Å². The van der Waals surface area contributed by atoms with E-state index in [1.165, 1.54) is 12.1 Å². The molecule has 0 fully saturated rings. The number of fused-ring (bicyclic) bond motifs is 1. The Balaban J connectivity index is 1.60. The number of rotatable bonds is 5. The summed E-state index contributed by atoms with van der Waals surface area (Å²) < 4.78 is 42.7. The molecule has 0 unspecified atom stereocenters. The summed E-state index contributed by atoms with van der Waals surface area (Å²) in [7, 11) is 1.60. The maximum atomic E-state index is 12.5. The van der Waals surface area contributed by atoms with Crippen molar-refractivity contribution in [2.75, 3.05) is 7.11 Å². The van der Waals surface area contributed by atoms with Gasteiger partial charge in [0.2, 0.25) is 0 Å². The molecule has 3 aromatic rings. The van der Waals surface area contributed by atoms with Crippen molar-refractivity contribution < 1.29 is 17.9 Å². The molecule has 24 heavy (non-hydrogen) atoms. The Morgan fingerprint density at radius 2 is 1.83 bits per heavy atom. The SMILES string of the molecule is COc1ccc2nc(CNCc3ccc(C(F)(F)F)cc3)[nH]c2c1. The lowest BCUT2D eigenvalue weighted by molar-refractivity contribution is -0.137. The normalized spacial score (nSPS) is 11.8. The zero-order valence-corrected chi connectivity index (χ0v) is 12.9. The first-order chi connectivity index (χ1) is 11.5. The summed E-state index contributed by atoms with van der Waals surface area (Å²) in [4.78, 5) is 7.63. The third-order valence-electron chi connectivity index (χ3n) is 3.64. The van der Waals surface area contributed by atoms with Gasteiger partial charge in [-0.2, -0.15) is 13.2 Å². The van der Waals surface area contributed by atoms with E-state index in [0.29, 0.717) is 13.1 Å². The highest BCUT2D eigenvalue weighted by molar-refractivity contribution is 5.76. The molecule has 7 heteroatoms. The second kappa shape index (κ2) is 6.52. The quantitative estimate of drug-likeness (QED) is 0.744. The molecule has 0 aliphatic rings. The van der Waals surface area contributed by atoms with Crippen LogP contribution in [0.15, 0.2) is 42.5 Å². The number of hydrogen-bond donors (Lipinski definition) is 2. The molecule has 3 rings (SSSR count). The van der Waals surface area contributed by atoms with Gasteiger partial charge in [-0.1, -0.05) is 12.1 Å². The molecule has 0 aliphatic heterocycles. The fourth-order valence-corrected chi connectivity index (χ4v) is 2.39. The standard InChI is InChI=1S/C17H16F3N3O/c1-24-13-6-7-14-15(8-13)23-16(22-14)10-21-9-11-2-4-12(5-3-11)17(18,19)20/h2-8,21H,9-10H2,1H3,(H,22,23). The number of imidazole rings is 1. The van der Waals surface area contributed by atoms with Crippen LogP contribution >= 0.6 is 0 Å². The summed E-state index contributed by atoms with van der Waals surface area (Å²) >= 11 is 0. The van der Waals surface area contributed by atoms with Crippen molar-refractivity contribution in [2.24, 2.45) is 0 Å². The van der Waals surface area contributed by atoms with Crippen molar-refractivity contribution in [2.45, 2.75) is 19.3 Å². The molecular formula is C17H16F3N3O. The average Bonchev–Trinajstić information content (AvgIpc) is 2.96. The first-order valence-corrected chi connectivity index (χ1v) is 7.35. The van der Waals surface area contributed by atoms with Crippen molar-refractivity contribution in [1.29, 1.82) is 0 Å². The van der Waals surface area contributed by atoms with Crippen LogP contribution in [0, 0.1) is 0 Å². The van der Waals surface area contributed by atoms with Crippen LogP contribution in [0.5, 0.6) is 5.75 Å². The van der Waals surface area contributed by atoms with E-state index in [1.807, 2.05) is 18.2 Å². The number of H-pyrrole nitrogens is 1. The Kier molecular flexibility index (Phi) is 4.44. The van der Waals surface area contributed by atoms with Gasteiger partial charge in [-0.05, 0) is 29.8 Å². The number of aromatic nitrogens is 2. The lowest BCUT2D eigenvalue weighted by Crippen LogP contribution is -2.14. The largest absolute Gasteiger partial charge is 0.497 e. The summed E-state index contributed by atoms with van der Waals surface area (Å²) in [6.07, 6.45) is -4.30. The van der Waals surface area contributed by atoms with Gasteiger partial charge in [-0.15, -0.1) is 0 Å². The van der Waals surface area contributed by atoms with E-state index in [0.717, 1.165) is 40.3 Å². The Morgan fingerprint density at radius 1 is 1.08 bits per heavy atom. The molecule has 0 atom stereocenters. The predicted octanol–water partition coefficient (Wildman–Crippen LogP) is 3.88. The smallest absolute Gasteiger partial charge is 0.416 e. The molecule has 0 saturated heterocycles. The highest BCUT2D eigenvalue weighted by Crippen LogP contribution is 2.29. The molecule has 126 valence electrons. The van der Waals surface area contributed by atoms with Crippen LogP contribution in [0.3, 0.4) is 0 Å². The summed E-state index contributed by atoms with van der Waals surface area (Å²) in [5, 5.41) is 3.16. The van der Waals surface area contributed by atoms with E-state index in [4.69, 9.17) is 4.74 Å². The summed E-state index contributed by atoms with van der Waals surface area (Å²) in [5.41, 5.74) is 1.85. The molecule has 0 saturated carbocycles. The molecule has 2 N–H and O–H groups in total. The topological polar surface area (TPSA) is 49.9 Å². The zero-order chi connectivity index (χ0) is 17.2. The van der Waals surface area contributed by atoms with Crippen LogP contribution in [-0.4, -0.2) is 17.1 Å². The van der Waals surface area contributed by atoms with E-state index in [1.54, 1.807) is 7.11 Å². The highest BCUT2D eigenvalue weighted by atomic mass is 19.4. The Labute approximate surface area is 136 Å². The first-order valence-electron chi connectivity index (χ1n) is 7.35. The van der Waals surface area contributed by atoms with Crippen LogP contribution < -0.4 is 10.1 Å². The van der Waals surface area contributed by atoms with Crippen LogP contribution in [0.1, 0.15) is 17.0 Å². The zero-order valence-electron chi connectivity index (χ0n) is 12.9. The molecule has 0 amide bonds. The van der Waals surface area contributed by atoms with Gasteiger partial charge in [0.05, 0.1) is 30.3 Å². The lowest BCUT2D eigenvalue weighted by atomic mass is 10.1. The van der Waals surface area contributed by atoms with Crippen LogP contribution in [0.4, 0.5) is 13.2 Å². The number of ether oxygens (including phenoxy) is 1. The van der Waals surface area contributed by atoms with Crippen molar-refractivity contribution >= 4 is 11.0 Å². The average molecular weight is 335 g/mol. The minimum atomic E-state index is -4.30. The number of nitrogens with one attached hydrogen (secondary N) is 2. The van der Waals surface area contributed by atoms with Crippen molar-refractivity contribution in [3.63, 3.8) is 0 Å². The highest BCUT2D eigenvalue weighted by Gasteiger charge is 2.29. The van der Waals surface area contributed by atoms with E-state index >= 15 is 0 Å². The first kappa shape index (κ1) is 16.3. The van der Waals surface area contributed by atoms with Gasteiger partial charge in [0.15, 0.2) is 0 Å². The van der Waals surface area contributed by atoms with E-state index in [-0.39, 0.29) is 0 Å². The molecule has 0 aliphatic carbocycles. The number of nitrogens with zero attached hydrogens (tertiary/aromatic N) is 1. The molecule has 0 bridgehead atoms. The Bertz CT molecular complexity index is 825. The van der Waals surface area contributed by atoms with E-state index in [9.17, 15) is 13.2 Å². The summed E-state index contributed by atoms with van der Waals surface area (Å²) in [6, 6.07) is 10.7. The van der Waals surface area contributed by atoms with Gasteiger partial charge in [0.1, 0.15) is 11.6 Å².